The van der Waals surface area contributed by atoms with Gasteiger partial charge >= 0.3 is 0 Å². The van der Waals surface area contributed by atoms with Crippen LogP contribution in [0.2, 0.25) is 12.1 Å². The molecule has 100 valence electrons. The van der Waals surface area contributed by atoms with E-state index in [1.54, 1.807) is 0 Å². The molecule has 4 unspecified atom stereocenters. The van der Waals surface area contributed by atoms with Gasteiger partial charge in [-0.3, -0.25) is 0 Å². The molecule has 0 aromatic carbocycles. The molecule has 0 radical (unpaired) electrons. The molecule has 0 spiro atoms. The molecule has 2 fully saturated rings. The van der Waals surface area contributed by atoms with Crippen LogP contribution in [0.4, 0.5) is 0 Å². The van der Waals surface area contributed by atoms with Gasteiger partial charge < -0.3 is 9.16 Å². The molecular weight excluding hydrogens is 228 g/mol. The summed E-state index contributed by atoms with van der Waals surface area (Å²) in [6.07, 6.45) is 8.40. The summed E-state index contributed by atoms with van der Waals surface area (Å²) in [5.74, 6) is 0.910. The smallest absolute Gasteiger partial charge is 0.176 e. The van der Waals surface area contributed by atoms with Gasteiger partial charge in [0.2, 0.25) is 0 Å². The van der Waals surface area contributed by atoms with E-state index < -0.39 is 9.04 Å². The Bertz CT molecular complexity index is 230. The second kappa shape index (κ2) is 6.35. The predicted octanol–water partition coefficient (Wildman–Crippen LogP) is 3.50. The Morgan fingerprint density at radius 3 is 2.65 bits per heavy atom. The Kier molecular flexibility index (Phi) is 5.06. The van der Waals surface area contributed by atoms with E-state index in [1.165, 1.54) is 44.2 Å². The van der Waals surface area contributed by atoms with Crippen LogP contribution in [-0.4, -0.2) is 27.4 Å². The van der Waals surface area contributed by atoms with E-state index in [2.05, 4.69) is 20.8 Å². The van der Waals surface area contributed by atoms with Crippen LogP contribution in [0.1, 0.15) is 52.9 Å². The zero-order valence-corrected chi connectivity index (χ0v) is 12.8. The number of hydrogen-bond acceptors (Lipinski definition) is 2. The molecule has 1 heterocycles. The Hall–Kier alpha value is 0.137. The molecule has 2 rings (SSSR count). The van der Waals surface area contributed by atoms with Crippen molar-refractivity contribution < 1.29 is 9.16 Å². The van der Waals surface area contributed by atoms with Crippen molar-refractivity contribution in [1.29, 1.82) is 0 Å². The van der Waals surface area contributed by atoms with Crippen LogP contribution >= 0.6 is 0 Å². The number of fused-ring (bicyclic) bond motifs is 1. The summed E-state index contributed by atoms with van der Waals surface area (Å²) in [5.41, 5.74) is 0. The van der Waals surface area contributed by atoms with E-state index in [4.69, 9.17) is 9.16 Å². The molecule has 1 saturated carbocycles. The summed E-state index contributed by atoms with van der Waals surface area (Å²) in [7, 11) is -0.853. The third kappa shape index (κ3) is 4.07. The van der Waals surface area contributed by atoms with Gasteiger partial charge in [-0.25, -0.2) is 0 Å². The van der Waals surface area contributed by atoms with E-state index >= 15 is 0 Å². The molecule has 0 amide bonds. The number of ether oxygens (including phenoxy) is 1. The standard InChI is InChI=1S/C14H28O2Si/c1-4-17(5-2)16-11(3)6-7-12-8-9-13-14(10-12)15-13/h11-14,17H,4-10H2,1-3H3. The van der Waals surface area contributed by atoms with Crippen LogP contribution in [0, 0.1) is 5.92 Å². The van der Waals surface area contributed by atoms with Gasteiger partial charge in [0.25, 0.3) is 0 Å². The summed E-state index contributed by atoms with van der Waals surface area (Å²) in [5, 5.41) is 0. The lowest BCUT2D eigenvalue weighted by atomic mass is 9.85. The first-order valence-electron chi connectivity index (χ1n) is 7.53. The van der Waals surface area contributed by atoms with E-state index in [0.717, 1.165) is 5.92 Å². The first-order valence-corrected chi connectivity index (χ1v) is 9.64. The molecule has 4 atom stereocenters. The van der Waals surface area contributed by atoms with E-state index in [1.807, 2.05) is 0 Å². The fourth-order valence-corrected chi connectivity index (χ4v) is 4.85. The van der Waals surface area contributed by atoms with Crippen molar-refractivity contribution in [3.63, 3.8) is 0 Å². The normalized spacial score (nSPS) is 33.5. The second-order valence-electron chi connectivity index (χ2n) is 5.85. The van der Waals surface area contributed by atoms with Crippen LogP contribution in [0.5, 0.6) is 0 Å². The molecule has 1 aliphatic carbocycles. The summed E-state index contributed by atoms with van der Waals surface area (Å²) in [6.45, 7) is 6.82. The van der Waals surface area contributed by atoms with Gasteiger partial charge in [0.15, 0.2) is 9.04 Å². The van der Waals surface area contributed by atoms with Gasteiger partial charge in [0.1, 0.15) is 0 Å². The Morgan fingerprint density at radius 2 is 2.00 bits per heavy atom. The number of epoxide rings is 1. The topological polar surface area (TPSA) is 21.8 Å². The monoisotopic (exact) mass is 256 g/mol. The summed E-state index contributed by atoms with van der Waals surface area (Å²) in [6, 6.07) is 2.56. The van der Waals surface area contributed by atoms with Gasteiger partial charge in [-0.15, -0.1) is 0 Å². The van der Waals surface area contributed by atoms with Crippen molar-refractivity contribution in [3.05, 3.63) is 0 Å². The highest BCUT2D eigenvalue weighted by Crippen LogP contribution is 2.41. The quantitative estimate of drug-likeness (QED) is 0.514. The fraction of sp³-hybridized carbons (Fsp3) is 1.00. The maximum absolute atomic E-state index is 6.18. The predicted molar refractivity (Wildman–Crippen MR) is 73.9 cm³/mol. The lowest BCUT2D eigenvalue weighted by Crippen LogP contribution is -2.23. The van der Waals surface area contributed by atoms with Gasteiger partial charge in [-0.2, -0.15) is 0 Å². The number of hydrogen-bond donors (Lipinski definition) is 0. The Labute approximate surface area is 108 Å². The van der Waals surface area contributed by atoms with E-state index in [0.29, 0.717) is 18.3 Å². The average molecular weight is 256 g/mol. The minimum atomic E-state index is -0.853. The summed E-state index contributed by atoms with van der Waals surface area (Å²) < 4.78 is 11.8. The third-order valence-corrected chi connectivity index (χ3v) is 7.10. The summed E-state index contributed by atoms with van der Waals surface area (Å²) >= 11 is 0. The van der Waals surface area contributed by atoms with E-state index in [9.17, 15) is 0 Å². The van der Waals surface area contributed by atoms with Crippen LogP contribution in [-0.2, 0) is 9.16 Å². The van der Waals surface area contributed by atoms with Crippen molar-refractivity contribution in [1.82, 2.24) is 0 Å². The molecule has 17 heavy (non-hydrogen) atoms. The lowest BCUT2D eigenvalue weighted by Gasteiger charge is -2.23. The molecule has 1 saturated heterocycles. The second-order valence-corrected chi connectivity index (χ2v) is 9.00. The van der Waals surface area contributed by atoms with Crippen LogP contribution < -0.4 is 0 Å². The van der Waals surface area contributed by atoms with Gasteiger partial charge in [-0.1, -0.05) is 13.8 Å². The molecule has 1 aliphatic heterocycles. The maximum atomic E-state index is 6.18. The molecule has 0 aromatic heterocycles. The first-order chi connectivity index (χ1) is 8.22. The third-order valence-electron chi connectivity index (χ3n) is 4.43. The Morgan fingerprint density at radius 1 is 1.24 bits per heavy atom. The van der Waals surface area contributed by atoms with Gasteiger partial charge in [0.05, 0.1) is 12.2 Å². The highest BCUT2D eigenvalue weighted by atomic mass is 28.3. The average Bonchev–Trinajstić information content (AvgIpc) is 3.11. The molecule has 0 N–H and O–H groups in total. The molecule has 3 heteroatoms. The van der Waals surface area contributed by atoms with Crippen LogP contribution in [0.25, 0.3) is 0 Å². The zero-order valence-electron chi connectivity index (χ0n) is 11.7. The minimum Gasteiger partial charge on any atom is -0.417 e. The van der Waals surface area contributed by atoms with Crippen LogP contribution in [0.15, 0.2) is 0 Å². The van der Waals surface area contributed by atoms with Crippen molar-refractivity contribution in [2.75, 3.05) is 0 Å². The van der Waals surface area contributed by atoms with Crippen molar-refractivity contribution in [2.24, 2.45) is 5.92 Å². The molecule has 2 aliphatic rings. The molecule has 0 aromatic rings. The van der Waals surface area contributed by atoms with Crippen molar-refractivity contribution in [2.45, 2.75) is 83.3 Å². The van der Waals surface area contributed by atoms with Crippen molar-refractivity contribution >= 4 is 9.04 Å². The van der Waals surface area contributed by atoms with E-state index in [-0.39, 0.29) is 0 Å². The molecule has 2 nitrogen and oxygen atoms in total. The molecule has 0 bridgehead atoms. The zero-order chi connectivity index (χ0) is 12.3. The van der Waals surface area contributed by atoms with Gasteiger partial charge in [0, 0.05) is 6.10 Å². The first kappa shape index (κ1) is 13.6. The number of rotatable bonds is 7. The Balaban J connectivity index is 1.60. The van der Waals surface area contributed by atoms with Crippen LogP contribution in [0.3, 0.4) is 0 Å². The maximum Gasteiger partial charge on any atom is 0.176 e. The highest BCUT2D eigenvalue weighted by Gasteiger charge is 2.43. The summed E-state index contributed by atoms with van der Waals surface area (Å²) in [4.78, 5) is 0. The van der Waals surface area contributed by atoms with Gasteiger partial charge in [-0.05, 0) is 57.0 Å². The minimum absolute atomic E-state index is 0.490. The molecular formula is C14H28O2Si. The lowest BCUT2D eigenvalue weighted by molar-refractivity contribution is 0.191. The highest BCUT2D eigenvalue weighted by molar-refractivity contribution is 6.51. The largest absolute Gasteiger partial charge is 0.417 e. The SMILES string of the molecule is CC[SiH](CC)OC(C)CCC1CCC2OC2C1. The van der Waals surface area contributed by atoms with Crippen molar-refractivity contribution in [3.8, 4) is 0 Å². The fourth-order valence-electron chi connectivity index (χ4n) is 3.10.